The maximum absolute atomic E-state index is 12.8. The summed E-state index contributed by atoms with van der Waals surface area (Å²) in [6.45, 7) is 10.1. The summed E-state index contributed by atoms with van der Waals surface area (Å²) in [6, 6.07) is 14.7. The van der Waals surface area contributed by atoms with Crippen LogP contribution in [0.15, 0.2) is 61.2 Å². The van der Waals surface area contributed by atoms with Crippen molar-refractivity contribution in [3.63, 3.8) is 0 Å². The lowest BCUT2D eigenvalue weighted by atomic mass is 9.68. The van der Waals surface area contributed by atoms with Gasteiger partial charge in [0.2, 0.25) is 5.91 Å². The molecule has 3 atom stereocenters. The molecule has 3 nitrogen and oxygen atoms in total. The summed E-state index contributed by atoms with van der Waals surface area (Å²) in [7, 11) is 1.84. The molecule has 1 fully saturated rings. The Morgan fingerprint density at radius 1 is 1.17 bits per heavy atom. The summed E-state index contributed by atoms with van der Waals surface area (Å²) in [5, 5.41) is 0.778. The Hall–Kier alpha value is -2.36. The largest absolute Gasteiger partial charge is 0.343 e. The fraction of sp³-hybridized carbons (Fsp3) is 0.346. The summed E-state index contributed by atoms with van der Waals surface area (Å²) < 4.78 is 0. The third-order valence-electron chi connectivity index (χ3n) is 6.09. The van der Waals surface area contributed by atoms with Crippen LogP contribution >= 0.6 is 11.6 Å². The number of halogens is 1. The van der Waals surface area contributed by atoms with Gasteiger partial charge < -0.3 is 10.6 Å². The molecule has 2 aliphatic rings. The normalized spacial score (nSPS) is 25.2. The lowest BCUT2D eigenvalue weighted by Crippen LogP contribution is -2.52. The molecule has 1 aliphatic carbocycles. The van der Waals surface area contributed by atoms with Gasteiger partial charge in [0.25, 0.3) is 0 Å². The molecular weight excluding hydrogens is 392 g/mol. The second kappa shape index (κ2) is 8.79. The summed E-state index contributed by atoms with van der Waals surface area (Å²) >= 11 is 6.64. The van der Waals surface area contributed by atoms with Crippen LogP contribution < -0.4 is 5.73 Å². The highest BCUT2D eigenvalue weighted by Gasteiger charge is 2.52. The number of carbonyl (C=O) groups excluding carboxylic acids is 1. The number of nitrogens with two attached hydrogens (primary N) is 1. The Morgan fingerprint density at radius 2 is 1.77 bits per heavy atom. The first-order valence-electron chi connectivity index (χ1n) is 10.4. The van der Waals surface area contributed by atoms with Gasteiger partial charge in [0.1, 0.15) is 5.54 Å². The number of likely N-dealkylation sites (N-methyl/N-ethyl adjacent to an activating group) is 1. The molecule has 4 heteroatoms. The second-order valence-corrected chi connectivity index (χ2v) is 8.91. The van der Waals surface area contributed by atoms with Gasteiger partial charge in [-0.15, -0.1) is 6.58 Å². The Kier molecular flexibility index (Phi) is 6.54. The summed E-state index contributed by atoms with van der Waals surface area (Å²) in [5.74, 6) is 0.221. The molecule has 1 heterocycles. The first kappa shape index (κ1) is 22.3. The van der Waals surface area contributed by atoms with E-state index in [9.17, 15) is 4.79 Å². The van der Waals surface area contributed by atoms with Crippen LogP contribution in [0.1, 0.15) is 41.5 Å². The van der Waals surface area contributed by atoms with Crippen LogP contribution in [0.3, 0.4) is 0 Å². The molecule has 1 amide bonds. The lowest BCUT2D eigenvalue weighted by molar-refractivity contribution is -0.129. The van der Waals surface area contributed by atoms with Crippen LogP contribution in [-0.4, -0.2) is 29.9 Å². The Bertz CT molecular complexity index is 979. The first-order valence-corrected chi connectivity index (χ1v) is 10.8. The Balaban J connectivity index is 0.000000806. The third-order valence-corrected chi connectivity index (χ3v) is 6.42. The molecule has 0 bridgehead atoms. The standard InChI is InChI=1S/C23H25ClN2O.C3H6/c1-14-4-7-16(8-5-14)20-12-23(25)17(13-26(3)22(23)27)11-19(20)18-9-6-15(2)10-21(18)24;1-3-2/h4-10,12,17,19H,11,13,25H2,1-3H3;3H,1H2,2H3. The molecule has 2 N–H and O–H groups in total. The minimum absolute atomic E-state index is 0.00515. The van der Waals surface area contributed by atoms with E-state index in [4.69, 9.17) is 17.3 Å². The highest BCUT2D eigenvalue weighted by molar-refractivity contribution is 6.31. The van der Waals surface area contributed by atoms with E-state index in [1.54, 1.807) is 11.0 Å². The van der Waals surface area contributed by atoms with Crippen molar-refractivity contribution in [1.82, 2.24) is 4.90 Å². The summed E-state index contributed by atoms with van der Waals surface area (Å²) in [6.07, 6.45) is 4.58. The SMILES string of the molecule is C=CC.Cc1ccc(C2=CC3(N)C(=O)N(C)CC3CC2c2ccc(C)cc2Cl)cc1. The fourth-order valence-corrected chi connectivity index (χ4v) is 4.89. The van der Waals surface area contributed by atoms with E-state index < -0.39 is 5.54 Å². The number of allylic oxidation sites excluding steroid dienone is 2. The molecule has 158 valence electrons. The molecule has 1 aliphatic heterocycles. The molecule has 2 aromatic rings. The molecule has 4 rings (SSSR count). The topological polar surface area (TPSA) is 46.3 Å². The van der Waals surface area contributed by atoms with Crippen molar-refractivity contribution in [2.45, 2.75) is 38.6 Å². The van der Waals surface area contributed by atoms with E-state index in [1.165, 1.54) is 5.56 Å². The van der Waals surface area contributed by atoms with E-state index in [0.717, 1.165) is 33.7 Å². The van der Waals surface area contributed by atoms with Crippen molar-refractivity contribution in [3.8, 4) is 0 Å². The van der Waals surface area contributed by atoms with Crippen molar-refractivity contribution in [2.75, 3.05) is 13.6 Å². The number of amides is 1. The van der Waals surface area contributed by atoms with Crippen molar-refractivity contribution < 1.29 is 4.79 Å². The van der Waals surface area contributed by atoms with Crippen LogP contribution in [0, 0.1) is 19.8 Å². The van der Waals surface area contributed by atoms with Crippen molar-refractivity contribution in [3.05, 3.63) is 88.5 Å². The maximum atomic E-state index is 12.8. The predicted octanol–water partition coefficient (Wildman–Crippen LogP) is 5.51. The van der Waals surface area contributed by atoms with Crippen LogP contribution in [0.2, 0.25) is 5.02 Å². The first-order chi connectivity index (χ1) is 14.2. The Labute approximate surface area is 185 Å². The van der Waals surface area contributed by atoms with E-state index >= 15 is 0 Å². The van der Waals surface area contributed by atoms with Gasteiger partial charge in [0.15, 0.2) is 0 Å². The van der Waals surface area contributed by atoms with E-state index in [-0.39, 0.29) is 17.7 Å². The predicted molar refractivity (Wildman–Crippen MR) is 127 cm³/mol. The van der Waals surface area contributed by atoms with Gasteiger partial charge in [-0.2, -0.15) is 0 Å². The number of likely N-dealkylation sites (tertiary alicyclic amines) is 1. The average Bonchev–Trinajstić information content (AvgIpc) is 2.91. The van der Waals surface area contributed by atoms with E-state index in [2.05, 4.69) is 49.9 Å². The van der Waals surface area contributed by atoms with Crippen molar-refractivity contribution >= 4 is 23.1 Å². The summed E-state index contributed by atoms with van der Waals surface area (Å²) in [5.41, 5.74) is 11.4. The van der Waals surface area contributed by atoms with Crippen molar-refractivity contribution in [1.29, 1.82) is 0 Å². The summed E-state index contributed by atoms with van der Waals surface area (Å²) in [4.78, 5) is 14.5. The fourth-order valence-electron chi connectivity index (χ4n) is 4.53. The number of hydrogen-bond donors (Lipinski definition) is 1. The molecule has 3 unspecified atom stereocenters. The smallest absolute Gasteiger partial charge is 0.246 e. The molecule has 1 saturated heterocycles. The monoisotopic (exact) mass is 422 g/mol. The molecule has 0 radical (unpaired) electrons. The molecule has 0 aromatic heterocycles. The zero-order chi connectivity index (χ0) is 22.1. The number of aryl methyl sites for hydroxylation is 2. The maximum Gasteiger partial charge on any atom is 0.246 e. The second-order valence-electron chi connectivity index (χ2n) is 8.50. The minimum atomic E-state index is -0.928. The van der Waals surface area contributed by atoms with Crippen LogP contribution in [-0.2, 0) is 4.79 Å². The number of hydrogen-bond acceptors (Lipinski definition) is 2. The van der Waals surface area contributed by atoms with Gasteiger partial charge in [-0.05, 0) is 55.5 Å². The van der Waals surface area contributed by atoms with Gasteiger partial charge in [0.05, 0.1) is 0 Å². The molecule has 0 spiro atoms. The van der Waals surface area contributed by atoms with Gasteiger partial charge in [-0.25, -0.2) is 0 Å². The highest BCUT2D eigenvalue weighted by atomic mass is 35.5. The highest BCUT2D eigenvalue weighted by Crippen LogP contribution is 2.49. The van der Waals surface area contributed by atoms with E-state index in [0.29, 0.717) is 6.54 Å². The average molecular weight is 423 g/mol. The van der Waals surface area contributed by atoms with E-state index in [1.807, 2.05) is 33.0 Å². The zero-order valence-electron chi connectivity index (χ0n) is 18.3. The van der Waals surface area contributed by atoms with Gasteiger partial charge in [-0.1, -0.05) is 65.7 Å². The zero-order valence-corrected chi connectivity index (χ0v) is 19.0. The number of nitrogens with zero attached hydrogens (tertiary/aromatic N) is 1. The molecule has 0 saturated carbocycles. The number of rotatable bonds is 2. The molecular formula is C26H31ClN2O. The minimum Gasteiger partial charge on any atom is -0.343 e. The van der Waals surface area contributed by atoms with Crippen LogP contribution in [0.4, 0.5) is 0 Å². The number of benzene rings is 2. The molecule has 2 aromatic carbocycles. The van der Waals surface area contributed by atoms with Crippen molar-refractivity contribution in [2.24, 2.45) is 11.7 Å². The van der Waals surface area contributed by atoms with Gasteiger partial charge in [-0.3, -0.25) is 4.79 Å². The molecule has 30 heavy (non-hydrogen) atoms. The van der Waals surface area contributed by atoms with Gasteiger partial charge in [0, 0.05) is 30.5 Å². The lowest BCUT2D eigenvalue weighted by Gasteiger charge is -2.37. The van der Waals surface area contributed by atoms with Crippen LogP contribution in [0.25, 0.3) is 5.57 Å². The third kappa shape index (κ3) is 4.10. The van der Waals surface area contributed by atoms with Gasteiger partial charge >= 0.3 is 0 Å². The van der Waals surface area contributed by atoms with Crippen LogP contribution in [0.5, 0.6) is 0 Å². The number of fused-ring (bicyclic) bond motifs is 1. The number of carbonyl (C=O) groups is 1. The quantitative estimate of drug-likeness (QED) is 0.649. The Morgan fingerprint density at radius 3 is 2.37 bits per heavy atom.